The Morgan fingerprint density at radius 2 is 1.84 bits per heavy atom. The molecule has 13 heteroatoms. The average Bonchev–Trinajstić information content (AvgIpc) is 2.98. The van der Waals surface area contributed by atoms with Gasteiger partial charge in [0.25, 0.3) is 11.5 Å². The van der Waals surface area contributed by atoms with E-state index in [1.807, 2.05) is 0 Å². The maximum absolute atomic E-state index is 12.8. The molecule has 0 saturated carbocycles. The number of ether oxygens (including phenoxy) is 2. The van der Waals surface area contributed by atoms with E-state index in [4.69, 9.17) is 26.5 Å². The number of nitrogens with one attached hydrogen (secondary N) is 2. The van der Waals surface area contributed by atoms with Crippen LogP contribution in [0.2, 0.25) is 0 Å². The fourth-order valence-electron chi connectivity index (χ4n) is 4.27. The van der Waals surface area contributed by atoms with Crippen molar-refractivity contribution in [3.8, 4) is 0 Å². The summed E-state index contributed by atoms with van der Waals surface area (Å²) >= 11 is 0. The summed E-state index contributed by atoms with van der Waals surface area (Å²) in [5.74, 6) is 6.16. The summed E-state index contributed by atoms with van der Waals surface area (Å²) in [7, 11) is 0. The van der Waals surface area contributed by atoms with Gasteiger partial charge in [-0.25, -0.2) is 15.3 Å². The number of carbonyl (C=O) groups is 2. The van der Waals surface area contributed by atoms with Gasteiger partial charge in [0.15, 0.2) is 0 Å². The lowest BCUT2D eigenvalue weighted by Gasteiger charge is -2.27. The van der Waals surface area contributed by atoms with Crippen LogP contribution in [0.4, 0.5) is 16.2 Å². The lowest BCUT2D eigenvalue weighted by molar-refractivity contribution is 0.0303. The first-order valence-corrected chi connectivity index (χ1v) is 13.6. The van der Waals surface area contributed by atoms with Gasteiger partial charge < -0.3 is 20.1 Å². The quantitative estimate of drug-likeness (QED) is 0.175. The highest BCUT2D eigenvalue weighted by molar-refractivity contribution is 6.14. The molecule has 0 radical (unpaired) electrons. The average molecular weight is 589 g/mol. The Labute approximate surface area is 249 Å². The van der Waals surface area contributed by atoms with Crippen molar-refractivity contribution in [3.05, 3.63) is 99.7 Å². The van der Waals surface area contributed by atoms with Crippen molar-refractivity contribution in [3.63, 3.8) is 0 Å². The molecule has 226 valence electrons. The molecule has 1 aliphatic heterocycles. The smallest absolute Gasteiger partial charge is 0.412 e. The van der Waals surface area contributed by atoms with Crippen molar-refractivity contribution in [1.82, 2.24) is 14.7 Å². The molecule has 0 bridgehead atoms. The highest BCUT2D eigenvalue weighted by Crippen LogP contribution is 2.23. The molecule has 13 nitrogen and oxygen atoms in total. The third-order valence-electron chi connectivity index (χ3n) is 6.38. The van der Waals surface area contributed by atoms with Crippen LogP contribution in [0, 0.1) is 5.41 Å². The zero-order valence-electron chi connectivity index (χ0n) is 24.4. The summed E-state index contributed by atoms with van der Waals surface area (Å²) in [6, 6.07) is 14.6. The summed E-state index contributed by atoms with van der Waals surface area (Å²) < 4.78 is 12.0. The molecule has 6 N–H and O–H groups in total. The van der Waals surface area contributed by atoms with Crippen LogP contribution in [0.3, 0.4) is 0 Å². The minimum atomic E-state index is -0.737. The molecule has 1 aromatic heterocycles. The molecule has 43 heavy (non-hydrogen) atoms. The SMILES string of the molecule is CC(C)(C)OC(=O)Nc1ccc(Cn2ncccc2=O)cc1C(=N)/C(N)=C/N(N)c1ccc(C(=O)N2CCOCC2)cc1. The van der Waals surface area contributed by atoms with Crippen LogP contribution in [-0.4, -0.2) is 64.3 Å². The number of benzene rings is 2. The number of nitrogens with two attached hydrogens (primary N) is 2. The van der Waals surface area contributed by atoms with Crippen molar-refractivity contribution < 1.29 is 19.1 Å². The molecule has 4 rings (SSSR count). The van der Waals surface area contributed by atoms with Gasteiger partial charge in [0.1, 0.15) is 5.60 Å². The van der Waals surface area contributed by atoms with Crippen LogP contribution in [0.15, 0.2) is 77.5 Å². The predicted octanol–water partition coefficient (Wildman–Crippen LogP) is 2.66. The maximum atomic E-state index is 12.8. The molecule has 2 heterocycles. The van der Waals surface area contributed by atoms with Crippen LogP contribution in [0.5, 0.6) is 0 Å². The number of hydrogen-bond acceptors (Lipinski definition) is 10. The Morgan fingerprint density at radius 1 is 1.14 bits per heavy atom. The molecule has 2 aromatic carbocycles. The van der Waals surface area contributed by atoms with Gasteiger partial charge in [-0.2, -0.15) is 5.10 Å². The van der Waals surface area contributed by atoms with Crippen molar-refractivity contribution in [2.45, 2.75) is 32.9 Å². The molecule has 0 aliphatic carbocycles. The van der Waals surface area contributed by atoms with E-state index in [9.17, 15) is 14.4 Å². The first kappa shape index (κ1) is 30.9. The van der Waals surface area contributed by atoms with E-state index >= 15 is 0 Å². The van der Waals surface area contributed by atoms with Gasteiger partial charge in [-0.05, 0) is 68.8 Å². The first-order valence-electron chi connectivity index (χ1n) is 13.6. The third-order valence-corrected chi connectivity index (χ3v) is 6.38. The van der Waals surface area contributed by atoms with E-state index in [1.165, 1.54) is 28.2 Å². The van der Waals surface area contributed by atoms with E-state index in [1.54, 1.807) is 74.2 Å². The summed E-state index contributed by atoms with van der Waals surface area (Å²) in [4.78, 5) is 39.3. The minimum absolute atomic E-state index is 0.00429. The lowest BCUT2D eigenvalue weighted by Crippen LogP contribution is -2.40. The summed E-state index contributed by atoms with van der Waals surface area (Å²) in [5, 5.41) is 16.9. The Balaban J connectivity index is 1.57. The summed E-state index contributed by atoms with van der Waals surface area (Å²) in [6.07, 6.45) is 2.17. The maximum Gasteiger partial charge on any atom is 0.412 e. The molecule has 1 fully saturated rings. The molecular weight excluding hydrogens is 552 g/mol. The fraction of sp³-hybridized carbons (Fsp3) is 0.300. The number of amides is 2. The molecule has 2 amide bonds. The van der Waals surface area contributed by atoms with Crippen molar-refractivity contribution >= 4 is 29.1 Å². The number of rotatable bonds is 8. The van der Waals surface area contributed by atoms with Gasteiger partial charge in [0, 0.05) is 42.7 Å². The second-order valence-electron chi connectivity index (χ2n) is 10.8. The van der Waals surface area contributed by atoms with E-state index in [-0.39, 0.29) is 40.7 Å². The number of anilines is 2. The Kier molecular flexibility index (Phi) is 9.58. The summed E-state index contributed by atoms with van der Waals surface area (Å²) in [5.41, 5.74) is 7.42. The molecule has 1 aliphatic rings. The van der Waals surface area contributed by atoms with Crippen LogP contribution in [0.25, 0.3) is 0 Å². The van der Waals surface area contributed by atoms with Gasteiger partial charge in [-0.15, -0.1) is 0 Å². The lowest BCUT2D eigenvalue weighted by atomic mass is 10.0. The van der Waals surface area contributed by atoms with Gasteiger partial charge in [0.2, 0.25) is 0 Å². The number of aromatic nitrogens is 2. The van der Waals surface area contributed by atoms with Crippen LogP contribution < -0.4 is 27.5 Å². The minimum Gasteiger partial charge on any atom is -0.444 e. The van der Waals surface area contributed by atoms with Crippen molar-refractivity contribution in [2.24, 2.45) is 11.6 Å². The topological polar surface area (TPSA) is 182 Å². The molecular formula is C30H36N8O5. The van der Waals surface area contributed by atoms with Gasteiger partial charge in [0.05, 0.1) is 42.5 Å². The third kappa shape index (κ3) is 8.27. The first-order chi connectivity index (χ1) is 20.4. The molecule has 0 unspecified atom stereocenters. The van der Waals surface area contributed by atoms with Crippen LogP contribution in [0.1, 0.15) is 42.3 Å². The zero-order valence-corrected chi connectivity index (χ0v) is 24.4. The van der Waals surface area contributed by atoms with E-state index in [2.05, 4.69) is 10.4 Å². The van der Waals surface area contributed by atoms with Crippen molar-refractivity contribution in [2.75, 3.05) is 36.6 Å². The largest absolute Gasteiger partial charge is 0.444 e. The Morgan fingerprint density at radius 3 is 2.49 bits per heavy atom. The van der Waals surface area contributed by atoms with E-state index in [0.717, 1.165) is 0 Å². The van der Waals surface area contributed by atoms with E-state index < -0.39 is 11.7 Å². The number of nitrogens with zero attached hydrogens (tertiary/aromatic N) is 4. The second kappa shape index (κ2) is 13.3. The van der Waals surface area contributed by atoms with Gasteiger partial charge in [-0.3, -0.25) is 25.3 Å². The molecule has 1 saturated heterocycles. The Bertz CT molecular complexity index is 1570. The van der Waals surface area contributed by atoms with Crippen LogP contribution in [-0.2, 0) is 16.0 Å². The fourth-order valence-corrected chi connectivity index (χ4v) is 4.27. The number of hydrogen-bond donors (Lipinski definition) is 4. The Hall–Kier alpha value is -5.01. The molecule has 0 atom stereocenters. The monoisotopic (exact) mass is 588 g/mol. The highest BCUT2D eigenvalue weighted by Gasteiger charge is 2.21. The number of carbonyl (C=O) groups excluding carboxylic acids is 2. The molecule has 3 aromatic rings. The zero-order chi connectivity index (χ0) is 31.1. The van der Waals surface area contributed by atoms with Crippen molar-refractivity contribution in [1.29, 1.82) is 5.41 Å². The molecule has 0 spiro atoms. The van der Waals surface area contributed by atoms with Gasteiger partial charge in [-0.1, -0.05) is 6.07 Å². The number of allylic oxidation sites excluding steroid dienone is 1. The second-order valence-corrected chi connectivity index (χ2v) is 10.8. The highest BCUT2D eigenvalue weighted by atomic mass is 16.6. The number of hydrazine groups is 1. The van der Waals surface area contributed by atoms with Crippen LogP contribution >= 0.6 is 0 Å². The van der Waals surface area contributed by atoms with E-state index in [0.29, 0.717) is 43.1 Å². The normalized spacial score (nSPS) is 13.8. The standard InChI is InChI=1S/C30H36N8O5/c1-30(2,3)43-29(41)35-25-11-6-20(18-38-26(39)5-4-12-34-38)17-23(25)27(32)24(31)19-37(33)22-9-7-21(8-10-22)28(40)36-13-15-42-16-14-36/h4-12,17,19,32H,13-16,18,31,33H2,1-3H3,(H,35,41)/b24-19-,32-27?. The number of morpholine rings is 1. The predicted molar refractivity (Wildman–Crippen MR) is 163 cm³/mol. The van der Waals surface area contributed by atoms with Gasteiger partial charge >= 0.3 is 6.09 Å². The summed E-state index contributed by atoms with van der Waals surface area (Å²) in [6.45, 7) is 7.45.